The number of hydrogen-bond acceptors (Lipinski definition) is 3. The van der Waals surface area contributed by atoms with Crippen molar-refractivity contribution >= 4 is 16.0 Å². The maximum atomic E-state index is 12.0. The third-order valence-corrected chi connectivity index (χ3v) is 6.06. The van der Waals surface area contributed by atoms with Crippen LogP contribution in [0.15, 0.2) is 0 Å². The summed E-state index contributed by atoms with van der Waals surface area (Å²) in [5, 5.41) is 9.48. The van der Waals surface area contributed by atoms with Crippen molar-refractivity contribution in [2.45, 2.75) is 64.0 Å². The number of carboxylic acids is 1. The van der Waals surface area contributed by atoms with E-state index >= 15 is 0 Å². The van der Waals surface area contributed by atoms with Crippen molar-refractivity contribution in [2.75, 3.05) is 6.54 Å². The standard InChI is InChI=1S/C13H25NO4S/c1-12(2,3)19(17,18)14-10-13(11(15)16)8-6-4-5-7-9-13/h14H,4-10H2,1-3H3,(H,15,16). The largest absolute Gasteiger partial charge is 0.481 e. The second-order valence-corrected chi connectivity index (χ2v) is 8.96. The zero-order valence-corrected chi connectivity index (χ0v) is 12.8. The van der Waals surface area contributed by atoms with E-state index in [-0.39, 0.29) is 6.54 Å². The lowest BCUT2D eigenvalue weighted by atomic mass is 9.80. The molecule has 1 rings (SSSR count). The zero-order valence-electron chi connectivity index (χ0n) is 12.0. The van der Waals surface area contributed by atoms with Gasteiger partial charge in [0.1, 0.15) is 0 Å². The van der Waals surface area contributed by atoms with Crippen LogP contribution in [0.25, 0.3) is 0 Å². The molecule has 0 saturated heterocycles. The second kappa shape index (κ2) is 5.79. The molecule has 2 N–H and O–H groups in total. The lowest BCUT2D eigenvalue weighted by Gasteiger charge is -2.30. The van der Waals surface area contributed by atoms with E-state index in [1.165, 1.54) is 0 Å². The van der Waals surface area contributed by atoms with Crippen LogP contribution in [0.4, 0.5) is 0 Å². The van der Waals surface area contributed by atoms with E-state index in [4.69, 9.17) is 0 Å². The van der Waals surface area contributed by atoms with Gasteiger partial charge in [0, 0.05) is 6.54 Å². The first kappa shape index (κ1) is 16.4. The fourth-order valence-electron chi connectivity index (χ4n) is 2.32. The molecule has 5 nitrogen and oxygen atoms in total. The Bertz CT molecular complexity index is 414. The van der Waals surface area contributed by atoms with Crippen LogP contribution in [0.3, 0.4) is 0 Å². The minimum absolute atomic E-state index is 0.00192. The molecule has 0 amide bonds. The summed E-state index contributed by atoms with van der Waals surface area (Å²) in [6, 6.07) is 0. The van der Waals surface area contributed by atoms with Crippen molar-refractivity contribution in [1.29, 1.82) is 0 Å². The molecule has 0 unspecified atom stereocenters. The van der Waals surface area contributed by atoms with E-state index in [2.05, 4.69) is 4.72 Å². The number of nitrogens with one attached hydrogen (secondary N) is 1. The molecule has 1 aliphatic carbocycles. The molecule has 0 aromatic carbocycles. The third kappa shape index (κ3) is 3.92. The van der Waals surface area contributed by atoms with E-state index < -0.39 is 26.2 Å². The summed E-state index contributed by atoms with van der Waals surface area (Å²) < 4.78 is 25.7. The SMILES string of the molecule is CC(C)(C)S(=O)(=O)NCC1(C(=O)O)CCCCCC1. The first-order valence-corrected chi connectivity index (χ1v) is 8.32. The predicted octanol–water partition coefficient (Wildman–Crippen LogP) is 2.13. The van der Waals surface area contributed by atoms with E-state index in [0.29, 0.717) is 12.8 Å². The molecule has 19 heavy (non-hydrogen) atoms. The molecule has 0 bridgehead atoms. The van der Waals surface area contributed by atoms with E-state index in [1.54, 1.807) is 20.8 Å². The molecule has 112 valence electrons. The summed E-state index contributed by atoms with van der Waals surface area (Å²) in [5.41, 5.74) is -0.936. The molecule has 0 atom stereocenters. The second-order valence-electron chi connectivity index (χ2n) is 6.44. The highest BCUT2D eigenvalue weighted by atomic mass is 32.2. The topological polar surface area (TPSA) is 83.5 Å². The minimum Gasteiger partial charge on any atom is -0.481 e. The van der Waals surface area contributed by atoms with Crippen LogP contribution < -0.4 is 4.72 Å². The van der Waals surface area contributed by atoms with Gasteiger partial charge in [-0.05, 0) is 33.6 Å². The Morgan fingerprint density at radius 2 is 1.63 bits per heavy atom. The first-order valence-electron chi connectivity index (χ1n) is 6.83. The summed E-state index contributed by atoms with van der Waals surface area (Å²) in [5.74, 6) is -0.883. The fraction of sp³-hybridized carbons (Fsp3) is 0.923. The molecule has 0 aromatic heterocycles. The lowest BCUT2D eigenvalue weighted by molar-refractivity contribution is -0.149. The normalized spacial score (nSPS) is 20.8. The summed E-state index contributed by atoms with van der Waals surface area (Å²) in [7, 11) is -3.49. The van der Waals surface area contributed by atoms with Gasteiger partial charge in [-0.15, -0.1) is 0 Å². The molecule has 0 aromatic rings. The van der Waals surface area contributed by atoms with Gasteiger partial charge in [-0.25, -0.2) is 13.1 Å². The number of aliphatic carboxylic acids is 1. The Kier molecular flexibility index (Phi) is 5.01. The van der Waals surface area contributed by atoms with Crippen molar-refractivity contribution in [1.82, 2.24) is 4.72 Å². The minimum atomic E-state index is -3.49. The number of carbonyl (C=O) groups is 1. The maximum Gasteiger partial charge on any atom is 0.310 e. The van der Waals surface area contributed by atoms with Crippen LogP contribution in [0.1, 0.15) is 59.3 Å². The molecular weight excluding hydrogens is 266 g/mol. The van der Waals surface area contributed by atoms with Gasteiger partial charge in [-0.1, -0.05) is 25.7 Å². The van der Waals surface area contributed by atoms with Crippen LogP contribution in [-0.2, 0) is 14.8 Å². The third-order valence-electron chi connectivity index (χ3n) is 3.92. The number of sulfonamides is 1. The molecule has 0 spiro atoms. The van der Waals surface area contributed by atoms with Crippen LogP contribution in [0.5, 0.6) is 0 Å². The Hall–Kier alpha value is -0.620. The smallest absolute Gasteiger partial charge is 0.310 e. The summed E-state index contributed by atoms with van der Waals surface area (Å²) in [4.78, 5) is 11.6. The van der Waals surface area contributed by atoms with Crippen LogP contribution in [0, 0.1) is 5.41 Å². The molecule has 0 heterocycles. The molecule has 1 fully saturated rings. The van der Waals surface area contributed by atoms with Gasteiger partial charge < -0.3 is 5.11 Å². The van der Waals surface area contributed by atoms with E-state index in [1.807, 2.05) is 0 Å². The highest BCUT2D eigenvalue weighted by Gasteiger charge is 2.41. The van der Waals surface area contributed by atoms with Gasteiger partial charge in [0.25, 0.3) is 0 Å². The molecular formula is C13H25NO4S. The average Bonchev–Trinajstić information content (AvgIpc) is 2.51. The fourth-order valence-corrected chi connectivity index (χ4v) is 3.22. The van der Waals surface area contributed by atoms with Gasteiger partial charge in [0.15, 0.2) is 0 Å². The highest BCUT2D eigenvalue weighted by Crippen LogP contribution is 2.35. The summed E-state index contributed by atoms with van der Waals surface area (Å²) in [6.07, 6.45) is 4.86. The zero-order chi connectivity index (χ0) is 14.7. The van der Waals surface area contributed by atoms with Crippen LogP contribution >= 0.6 is 0 Å². The predicted molar refractivity (Wildman–Crippen MR) is 74.4 cm³/mol. The van der Waals surface area contributed by atoms with Crippen molar-refractivity contribution in [3.63, 3.8) is 0 Å². The molecule has 0 aliphatic heterocycles. The first-order chi connectivity index (χ1) is 8.61. The molecule has 1 aliphatic rings. The van der Waals surface area contributed by atoms with E-state index in [9.17, 15) is 18.3 Å². The highest BCUT2D eigenvalue weighted by molar-refractivity contribution is 7.90. The lowest BCUT2D eigenvalue weighted by Crippen LogP contribution is -2.47. The monoisotopic (exact) mass is 291 g/mol. The molecule has 6 heteroatoms. The Balaban J connectivity index is 2.83. The van der Waals surface area contributed by atoms with Gasteiger partial charge in [0.2, 0.25) is 10.0 Å². The summed E-state index contributed by atoms with van der Waals surface area (Å²) >= 11 is 0. The van der Waals surface area contributed by atoms with Gasteiger partial charge in [-0.2, -0.15) is 0 Å². The average molecular weight is 291 g/mol. The van der Waals surface area contributed by atoms with Gasteiger partial charge in [-0.3, -0.25) is 4.79 Å². The molecule has 0 radical (unpaired) electrons. The quantitative estimate of drug-likeness (QED) is 0.777. The van der Waals surface area contributed by atoms with Crippen molar-refractivity contribution in [3.05, 3.63) is 0 Å². The number of carboxylic acid groups (broad SMARTS) is 1. The van der Waals surface area contributed by atoms with Gasteiger partial charge >= 0.3 is 5.97 Å². The molecule has 1 saturated carbocycles. The van der Waals surface area contributed by atoms with Crippen molar-refractivity contribution in [3.8, 4) is 0 Å². The number of hydrogen-bond donors (Lipinski definition) is 2. The van der Waals surface area contributed by atoms with Crippen molar-refractivity contribution < 1.29 is 18.3 Å². The summed E-state index contributed by atoms with van der Waals surface area (Å²) in [6.45, 7) is 4.82. The Morgan fingerprint density at radius 1 is 1.16 bits per heavy atom. The van der Waals surface area contributed by atoms with Crippen LogP contribution in [-0.4, -0.2) is 30.8 Å². The van der Waals surface area contributed by atoms with E-state index in [0.717, 1.165) is 25.7 Å². The number of rotatable bonds is 4. The van der Waals surface area contributed by atoms with Crippen molar-refractivity contribution in [2.24, 2.45) is 5.41 Å². The van der Waals surface area contributed by atoms with Crippen LogP contribution in [0.2, 0.25) is 0 Å². The Labute approximate surface area is 115 Å². The Morgan fingerprint density at radius 3 is 2.00 bits per heavy atom. The van der Waals surface area contributed by atoms with Gasteiger partial charge in [0.05, 0.1) is 10.2 Å². The maximum absolute atomic E-state index is 12.0.